The summed E-state index contributed by atoms with van der Waals surface area (Å²) in [6.07, 6.45) is 5.30. The number of rotatable bonds is 0. The molecule has 1 aromatic rings. The van der Waals surface area contributed by atoms with E-state index in [2.05, 4.69) is 53.7 Å². The van der Waals surface area contributed by atoms with Crippen molar-refractivity contribution in [2.75, 3.05) is 0 Å². The zero-order valence-corrected chi connectivity index (χ0v) is 11.8. The average molecular weight is 230 g/mol. The summed E-state index contributed by atoms with van der Waals surface area (Å²) in [5.41, 5.74) is 3.70. The van der Waals surface area contributed by atoms with E-state index in [-0.39, 0.29) is 10.8 Å². The van der Waals surface area contributed by atoms with Gasteiger partial charge in [-0.2, -0.15) is 0 Å². The predicted molar refractivity (Wildman–Crippen MR) is 72.2 cm³/mol. The molecule has 0 aromatic carbocycles. The molecule has 0 aliphatic heterocycles. The van der Waals surface area contributed by atoms with Gasteiger partial charge < -0.3 is 0 Å². The van der Waals surface area contributed by atoms with Crippen LogP contribution in [0.5, 0.6) is 0 Å². The van der Waals surface area contributed by atoms with E-state index in [1.54, 1.807) is 0 Å². The van der Waals surface area contributed by atoms with Crippen molar-refractivity contribution in [3.8, 4) is 0 Å². The first kappa shape index (κ1) is 12.3. The predicted octanol–water partition coefficient (Wildman–Crippen LogP) is 3.64. The molecule has 0 radical (unpaired) electrons. The second kappa shape index (κ2) is 3.66. The lowest BCUT2D eigenvalue weighted by Gasteiger charge is -2.25. The highest BCUT2D eigenvalue weighted by Gasteiger charge is 2.27. The largest absolute Gasteiger partial charge is 0.236 e. The Labute approximate surface area is 104 Å². The summed E-state index contributed by atoms with van der Waals surface area (Å²) in [5.74, 6) is 0.963. The van der Waals surface area contributed by atoms with Crippen molar-refractivity contribution in [3.05, 3.63) is 28.9 Å². The summed E-state index contributed by atoms with van der Waals surface area (Å²) in [5, 5.41) is 0. The third-order valence-corrected chi connectivity index (χ3v) is 3.00. The van der Waals surface area contributed by atoms with Gasteiger partial charge >= 0.3 is 0 Å². The van der Waals surface area contributed by atoms with Crippen molar-refractivity contribution in [1.82, 2.24) is 9.97 Å². The molecule has 0 saturated heterocycles. The maximum absolute atomic E-state index is 4.82. The van der Waals surface area contributed by atoms with Crippen LogP contribution in [0.4, 0.5) is 0 Å². The van der Waals surface area contributed by atoms with Crippen molar-refractivity contribution in [2.45, 2.75) is 58.8 Å². The molecule has 1 aromatic heterocycles. The van der Waals surface area contributed by atoms with Crippen LogP contribution in [0, 0.1) is 0 Å². The van der Waals surface area contributed by atoms with Crippen LogP contribution in [-0.2, 0) is 17.3 Å². The van der Waals surface area contributed by atoms with E-state index in [0.717, 1.165) is 12.2 Å². The fourth-order valence-corrected chi connectivity index (χ4v) is 2.04. The maximum atomic E-state index is 4.82. The van der Waals surface area contributed by atoms with Crippen molar-refractivity contribution in [2.24, 2.45) is 0 Å². The standard InChI is InChI=1S/C15H22N2/c1-14(2,3)12-10-8-7-9-11(10)16-13(17-12)15(4,5)6/h7-8H,9H2,1-6H3. The molecule has 1 aliphatic rings. The molecule has 2 rings (SSSR count). The molecular weight excluding hydrogens is 208 g/mol. The molecule has 0 bridgehead atoms. The third-order valence-electron chi connectivity index (χ3n) is 3.00. The van der Waals surface area contributed by atoms with Gasteiger partial charge in [-0.1, -0.05) is 53.7 Å². The molecule has 0 unspecified atom stereocenters. The van der Waals surface area contributed by atoms with Gasteiger partial charge in [0, 0.05) is 22.8 Å². The van der Waals surface area contributed by atoms with Crippen LogP contribution in [-0.4, -0.2) is 9.97 Å². The Morgan fingerprint density at radius 2 is 1.59 bits per heavy atom. The van der Waals surface area contributed by atoms with Crippen LogP contribution < -0.4 is 0 Å². The summed E-state index contributed by atoms with van der Waals surface area (Å²) >= 11 is 0. The quantitative estimate of drug-likeness (QED) is 0.680. The maximum Gasteiger partial charge on any atom is 0.134 e. The molecule has 0 fully saturated rings. The van der Waals surface area contributed by atoms with E-state index in [1.165, 1.54) is 17.0 Å². The zero-order valence-electron chi connectivity index (χ0n) is 11.8. The molecule has 0 N–H and O–H groups in total. The van der Waals surface area contributed by atoms with Gasteiger partial charge in [-0.15, -0.1) is 0 Å². The minimum atomic E-state index is 0.0115. The van der Waals surface area contributed by atoms with Gasteiger partial charge in [0.1, 0.15) is 5.82 Å². The molecule has 0 atom stereocenters. The van der Waals surface area contributed by atoms with E-state index < -0.39 is 0 Å². The average Bonchev–Trinajstić information content (AvgIpc) is 2.59. The van der Waals surface area contributed by atoms with Gasteiger partial charge in [-0.05, 0) is 0 Å². The molecule has 0 amide bonds. The first-order valence-corrected chi connectivity index (χ1v) is 6.28. The lowest BCUT2D eigenvalue weighted by molar-refractivity contribution is 0.510. The van der Waals surface area contributed by atoms with Gasteiger partial charge in [-0.3, -0.25) is 0 Å². The highest BCUT2D eigenvalue weighted by Crippen LogP contribution is 2.32. The van der Waals surface area contributed by atoms with Gasteiger partial charge in [0.05, 0.1) is 11.4 Å². The molecule has 2 nitrogen and oxygen atoms in total. The highest BCUT2D eigenvalue weighted by atomic mass is 14.9. The number of allylic oxidation sites excluding steroid dienone is 1. The van der Waals surface area contributed by atoms with Crippen LogP contribution in [0.2, 0.25) is 0 Å². The normalized spacial score (nSPS) is 15.2. The van der Waals surface area contributed by atoms with Crippen LogP contribution in [0.3, 0.4) is 0 Å². The number of nitrogens with zero attached hydrogens (tertiary/aromatic N) is 2. The molecule has 1 heterocycles. The Bertz CT molecular complexity index is 471. The molecule has 0 saturated carbocycles. The van der Waals surface area contributed by atoms with Crippen LogP contribution >= 0.6 is 0 Å². The third kappa shape index (κ3) is 2.26. The number of fused-ring (bicyclic) bond motifs is 1. The van der Waals surface area contributed by atoms with Crippen LogP contribution in [0.15, 0.2) is 6.08 Å². The van der Waals surface area contributed by atoms with Crippen LogP contribution in [0.25, 0.3) is 6.08 Å². The van der Waals surface area contributed by atoms with E-state index >= 15 is 0 Å². The second-order valence-electron chi connectivity index (χ2n) is 6.86. The number of hydrogen-bond donors (Lipinski definition) is 0. The second-order valence-corrected chi connectivity index (χ2v) is 6.86. The fourth-order valence-electron chi connectivity index (χ4n) is 2.04. The Morgan fingerprint density at radius 1 is 0.941 bits per heavy atom. The summed E-state index contributed by atoms with van der Waals surface area (Å²) in [6, 6.07) is 0. The van der Waals surface area contributed by atoms with Crippen molar-refractivity contribution in [1.29, 1.82) is 0 Å². The summed E-state index contributed by atoms with van der Waals surface area (Å²) in [7, 11) is 0. The molecule has 2 heteroatoms. The summed E-state index contributed by atoms with van der Waals surface area (Å²) < 4.78 is 0. The fraction of sp³-hybridized carbons (Fsp3) is 0.600. The first-order valence-electron chi connectivity index (χ1n) is 6.28. The Balaban J connectivity index is 2.65. The smallest absolute Gasteiger partial charge is 0.134 e. The summed E-state index contributed by atoms with van der Waals surface area (Å²) in [6.45, 7) is 13.2. The first-order chi connectivity index (χ1) is 7.69. The zero-order chi connectivity index (χ0) is 12.8. The molecule has 92 valence electrons. The Hall–Kier alpha value is -1.18. The monoisotopic (exact) mass is 230 g/mol. The van der Waals surface area contributed by atoms with Gasteiger partial charge in [0.15, 0.2) is 0 Å². The van der Waals surface area contributed by atoms with Crippen LogP contribution in [0.1, 0.15) is 64.3 Å². The van der Waals surface area contributed by atoms with E-state index in [4.69, 9.17) is 9.97 Å². The molecule has 1 aliphatic carbocycles. The number of aromatic nitrogens is 2. The van der Waals surface area contributed by atoms with E-state index in [1.807, 2.05) is 0 Å². The lowest BCUT2D eigenvalue weighted by atomic mass is 9.87. The summed E-state index contributed by atoms with van der Waals surface area (Å²) in [4.78, 5) is 9.55. The minimum absolute atomic E-state index is 0.0115. The number of hydrogen-bond acceptors (Lipinski definition) is 2. The lowest BCUT2D eigenvalue weighted by Crippen LogP contribution is -2.23. The molecule has 0 spiro atoms. The van der Waals surface area contributed by atoms with E-state index in [0.29, 0.717) is 0 Å². The molecule has 17 heavy (non-hydrogen) atoms. The SMILES string of the molecule is CC(C)(C)c1nc2c(c(C(C)(C)C)n1)C=CC2. The van der Waals surface area contributed by atoms with Gasteiger partial charge in [-0.25, -0.2) is 9.97 Å². The van der Waals surface area contributed by atoms with Gasteiger partial charge in [0.2, 0.25) is 0 Å². The van der Waals surface area contributed by atoms with E-state index in [9.17, 15) is 0 Å². The van der Waals surface area contributed by atoms with Crippen molar-refractivity contribution < 1.29 is 0 Å². The Kier molecular flexibility index (Phi) is 2.64. The van der Waals surface area contributed by atoms with Gasteiger partial charge in [0.25, 0.3) is 0 Å². The van der Waals surface area contributed by atoms with Crippen molar-refractivity contribution in [3.63, 3.8) is 0 Å². The van der Waals surface area contributed by atoms with Crippen molar-refractivity contribution >= 4 is 6.08 Å². The Morgan fingerprint density at radius 3 is 2.12 bits per heavy atom. The molecular formula is C15H22N2. The highest BCUT2D eigenvalue weighted by molar-refractivity contribution is 5.61. The topological polar surface area (TPSA) is 25.8 Å². The minimum Gasteiger partial charge on any atom is -0.236 e.